The van der Waals surface area contributed by atoms with Crippen LogP contribution in [0.2, 0.25) is 0 Å². The first kappa shape index (κ1) is 10.5. The third kappa shape index (κ3) is 7.38. The predicted molar refractivity (Wildman–Crippen MR) is 52.7 cm³/mol. The quantitative estimate of drug-likeness (QED) is 0.381. The number of hydrogen-bond acceptors (Lipinski definition) is 0. The van der Waals surface area contributed by atoms with Crippen LogP contribution in [0, 0.1) is 0 Å². The summed E-state index contributed by atoms with van der Waals surface area (Å²) in [6.45, 7) is 9.79. The Hall–Kier alpha value is -0.520. The summed E-state index contributed by atoms with van der Waals surface area (Å²) in [6.07, 6.45) is 9.70. The second kappa shape index (κ2) is 7.59. The van der Waals surface area contributed by atoms with Crippen molar-refractivity contribution in [2.75, 3.05) is 0 Å². The van der Waals surface area contributed by atoms with E-state index in [0.29, 0.717) is 0 Å². The normalized spacial score (nSPS) is 9.55. The second-order valence-electron chi connectivity index (χ2n) is 3.03. The molecule has 0 amide bonds. The number of allylic oxidation sites excluding steroid dienone is 2. The molecule has 0 rings (SSSR count). The van der Waals surface area contributed by atoms with Gasteiger partial charge in [-0.1, -0.05) is 57.4 Å². The Morgan fingerprint density at radius 1 is 1.18 bits per heavy atom. The summed E-state index contributed by atoms with van der Waals surface area (Å²) < 4.78 is 0. The van der Waals surface area contributed by atoms with Gasteiger partial charge in [-0.3, -0.25) is 0 Å². The largest absolute Gasteiger partial charge is 0.0988 e. The van der Waals surface area contributed by atoms with E-state index in [1.165, 1.54) is 37.7 Å². The van der Waals surface area contributed by atoms with Gasteiger partial charge in [-0.25, -0.2) is 0 Å². The van der Waals surface area contributed by atoms with Crippen molar-refractivity contribution in [3.8, 4) is 0 Å². The van der Waals surface area contributed by atoms with E-state index in [1.807, 2.05) is 6.08 Å². The highest BCUT2D eigenvalue weighted by atomic mass is 14.0. The van der Waals surface area contributed by atoms with Crippen LogP contribution in [0.1, 0.15) is 45.4 Å². The zero-order valence-electron chi connectivity index (χ0n) is 7.73. The van der Waals surface area contributed by atoms with Crippen LogP contribution in [-0.2, 0) is 0 Å². The van der Waals surface area contributed by atoms with Gasteiger partial charge in [-0.15, -0.1) is 0 Å². The molecular weight excluding hydrogens is 132 g/mol. The van der Waals surface area contributed by atoms with Crippen molar-refractivity contribution in [2.45, 2.75) is 45.4 Å². The van der Waals surface area contributed by atoms with Gasteiger partial charge in [-0.2, -0.15) is 0 Å². The van der Waals surface area contributed by atoms with Crippen LogP contribution in [0.4, 0.5) is 0 Å². The van der Waals surface area contributed by atoms with Gasteiger partial charge in [0.2, 0.25) is 0 Å². The van der Waals surface area contributed by atoms with Crippen LogP contribution in [0.3, 0.4) is 0 Å². The first-order valence-electron chi connectivity index (χ1n) is 4.61. The van der Waals surface area contributed by atoms with Gasteiger partial charge >= 0.3 is 0 Å². The molecule has 0 saturated heterocycles. The van der Waals surface area contributed by atoms with Crippen molar-refractivity contribution in [3.63, 3.8) is 0 Å². The van der Waals surface area contributed by atoms with E-state index in [1.54, 1.807) is 0 Å². The average Bonchev–Trinajstić information content (AvgIpc) is 2.04. The summed E-state index contributed by atoms with van der Waals surface area (Å²) in [6, 6.07) is 0. The molecule has 0 aliphatic rings. The minimum Gasteiger partial charge on any atom is -0.0988 e. The fraction of sp³-hybridized carbons (Fsp3) is 0.636. The highest BCUT2D eigenvalue weighted by Crippen LogP contribution is 2.09. The first-order chi connectivity index (χ1) is 5.31. The predicted octanol–water partition coefficient (Wildman–Crippen LogP) is 4.09. The van der Waals surface area contributed by atoms with E-state index in [-0.39, 0.29) is 0 Å². The van der Waals surface area contributed by atoms with E-state index >= 15 is 0 Å². The van der Waals surface area contributed by atoms with Crippen molar-refractivity contribution in [2.24, 2.45) is 0 Å². The van der Waals surface area contributed by atoms with Crippen LogP contribution in [0.15, 0.2) is 24.8 Å². The molecule has 0 bridgehead atoms. The molecule has 0 spiro atoms. The molecule has 11 heavy (non-hydrogen) atoms. The molecular formula is C11H20. The van der Waals surface area contributed by atoms with E-state index < -0.39 is 0 Å². The van der Waals surface area contributed by atoms with E-state index in [2.05, 4.69) is 20.1 Å². The Morgan fingerprint density at radius 2 is 1.82 bits per heavy atom. The maximum atomic E-state index is 3.87. The van der Waals surface area contributed by atoms with Crippen LogP contribution in [0.25, 0.3) is 0 Å². The SMILES string of the molecule is C=CC(=C)CCCCCCC. The smallest absolute Gasteiger partial charge is 0.0285 e. The van der Waals surface area contributed by atoms with Crippen molar-refractivity contribution in [1.82, 2.24) is 0 Å². The van der Waals surface area contributed by atoms with Crippen LogP contribution >= 0.6 is 0 Å². The molecule has 0 heteroatoms. The summed E-state index contributed by atoms with van der Waals surface area (Å²) in [4.78, 5) is 0. The molecule has 0 N–H and O–H groups in total. The van der Waals surface area contributed by atoms with Crippen molar-refractivity contribution >= 4 is 0 Å². The molecule has 0 unspecified atom stereocenters. The lowest BCUT2D eigenvalue weighted by atomic mass is 10.1. The maximum Gasteiger partial charge on any atom is -0.0285 e. The van der Waals surface area contributed by atoms with Gasteiger partial charge in [0.05, 0.1) is 0 Å². The van der Waals surface area contributed by atoms with Crippen molar-refractivity contribution < 1.29 is 0 Å². The summed E-state index contributed by atoms with van der Waals surface area (Å²) in [5.41, 5.74) is 1.18. The van der Waals surface area contributed by atoms with Gasteiger partial charge < -0.3 is 0 Å². The Morgan fingerprint density at radius 3 is 2.36 bits per heavy atom. The third-order valence-electron chi connectivity index (χ3n) is 1.89. The topological polar surface area (TPSA) is 0 Å². The molecule has 0 heterocycles. The molecule has 0 aliphatic carbocycles. The molecule has 0 radical (unpaired) electrons. The fourth-order valence-electron chi connectivity index (χ4n) is 1.06. The molecule has 0 nitrogen and oxygen atoms in total. The van der Waals surface area contributed by atoms with Crippen LogP contribution < -0.4 is 0 Å². The number of unbranched alkanes of at least 4 members (excludes halogenated alkanes) is 4. The standard InChI is InChI=1S/C11H20/c1-4-6-7-8-9-10-11(3)5-2/h5H,2-4,6-10H2,1H3. The summed E-state index contributed by atoms with van der Waals surface area (Å²) in [5, 5.41) is 0. The minimum atomic E-state index is 1.13. The molecule has 0 atom stereocenters. The van der Waals surface area contributed by atoms with Crippen molar-refractivity contribution in [1.29, 1.82) is 0 Å². The molecule has 0 aliphatic heterocycles. The fourth-order valence-corrected chi connectivity index (χ4v) is 1.06. The molecule has 0 aromatic heterocycles. The molecule has 0 fully saturated rings. The van der Waals surface area contributed by atoms with Crippen LogP contribution in [-0.4, -0.2) is 0 Å². The van der Waals surface area contributed by atoms with E-state index in [0.717, 1.165) is 6.42 Å². The summed E-state index contributed by atoms with van der Waals surface area (Å²) >= 11 is 0. The van der Waals surface area contributed by atoms with Gasteiger partial charge in [0.25, 0.3) is 0 Å². The highest BCUT2D eigenvalue weighted by Gasteiger charge is 1.89. The number of rotatable bonds is 7. The van der Waals surface area contributed by atoms with Gasteiger partial charge in [0.15, 0.2) is 0 Å². The first-order valence-corrected chi connectivity index (χ1v) is 4.61. The molecule has 0 saturated carbocycles. The Kier molecular flexibility index (Phi) is 7.23. The van der Waals surface area contributed by atoms with Gasteiger partial charge in [-0.05, 0) is 12.8 Å². The zero-order valence-corrected chi connectivity index (χ0v) is 7.73. The number of hydrogen-bond donors (Lipinski definition) is 0. The molecule has 64 valence electrons. The lowest BCUT2D eigenvalue weighted by molar-refractivity contribution is 0.633. The Balaban J connectivity index is 3.01. The second-order valence-corrected chi connectivity index (χ2v) is 3.03. The molecule has 0 aromatic rings. The van der Waals surface area contributed by atoms with Gasteiger partial charge in [0.1, 0.15) is 0 Å². The molecule has 0 aromatic carbocycles. The monoisotopic (exact) mass is 152 g/mol. The Labute approximate surface area is 71.0 Å². The minimum absolute atomic E-state index is 1.13. The van der Waals surface area contributed by atoms with E-state index in [4.69, 9.17) is 0 Å². The lowest BCUT2D eigenvalue weighted by Crippen LogP contribution is -1.79. The zero-order chi connectivity index (χ0) is 8.53. The van der Waals surface area contributed by atoms with Crippen molar-refractivity contribution in [3.05, 3.63) is 24.8 Å². The third-order valence-corrected chi connectivity index (χ3v) is 1.89. The summed E-state index contributed by atoms with van der Waals surface area (Å²) in [7, 11) is 0. The van der Waals surface area contributed by atoms with Gasteiger partial charge in [0, 0.05) is 0 Å². The highest BCUT2D eigenvalue weighted by molar-refractivity contribution is 5.10. The summed E-state index contributed by atoms with van der Waals surface area (Å²) in [5.74, 6) is 0. The van der Waals surface area contributed by atoms with Crippen LogP contribution in [0.5, 0.6) is 0 Å². The Bertz CT molecular complexity index is 111. The average molecular weight is 152 g/mol. The maximum absolute atomic E-state index is 3.87. The van der Waals surface area contributed by atoms with E-state index in [9.17, 15) is 0 Å². The lowest BCUT2D eigenvalue weighted by Gasteiger charge is -1.99.